The minimum Gasteiger partial charge on any atom is -0.464 e. The van der Waals surface area contributed by atoms with E-state index in [-0.39, 0.29) is 17.4 Å². The summed E-state index contributed by atoms with van der Waals surface area (Å²) in [6.07, 6.45) is 3.19. The Bertz CT molecular complexity index is 805. The van der Waals surface area contributed by atoms with E-state index in [1.165, 1.54) is 25.4 Å². The van der Waals surface area contributed by atoms with Gasteiger partial charge in [0, 0.05) is 24.8 Å². The van der Waals surface area contributed by atoms with Crippen molar-refractivity contribution in [3.63, 3.8) is 0 Å². The topological polar surface area (TPSA) is 129 Å². The summed E-state index contributed by atoms with van der Waals surface area (Å²) in [5.41, 5.74) is 6.91. The zero-order chi connectivity index (χ0) is 18.0. The van der Waals surface area contributed by atoms with Crippen molar-refractivity contribution in [1.29, 1.82) is 0 Å². The van der Waals surface area contributed by atoms with Crippen molar-refractivity contribution in [3.05, 3.63) is 40.2 Å². The molecule has 2 aromatic rings. The van der Waals surface area contributed by atoms with Crippen LogP contribution in [0, 0.1) is 10.1 Å². The highest BCUT2D eigenvalue weighted by molar-refractivity contribution is 5.86. The van der Waals surface area contributed by atoms with Gasteiger partial charge in [0.15, 0.2) is 5.69 Å². The summed E-state index contributed by atoms with van der Waals surface area (Å²) in [6.45, 7) is 1.19. The molecule has 0 saturated carbocycles. The maximum absolute atomic E-state index is 11.5. The molecule has 0 amide bonds. The summed E-state index contributed by atoms with van der Waals surface area (Å²) in [5, 5.41) is 19.1. The number of benzene rings is 1. The predicted molar refractivity (Wildman–Crippen MR) is 89.4 cm³/mol. The van der Waals surface area contributed by atoms with Crippen LogP contribution in [0.4, 0.5) is 17.1 Å². The molecule has 2 N–H and O–H groups in total. The van der Waals surface area contributed by atoms with Crippen LogP contribution in [0.3, 0.4) is 0 Å². The Labute approximate surface area is 143 Å². The lowest BCUT2D eigenvalue weighted by atomic mass is 10.0. The Balaban J connectivity index is 1.84. The van der Waals surface area contributed by atoms with Gasteiger partial charge in [-0.2, -0.15) is 0 Å². The van der Waals surface area contributed by atoms with Crippen molar-refractivity contribution < 1.29 is 14.5 Å². The van der Waals surface area contributed by atoms with Crippen LogP contribution in [-0.4, -0.2) is 46.1 Å². The van der Waals surface area contributed by atoms with Crippen LogP contribution in [0.15, 0.2) is 24.4 Å². The Hall–Kier alpha value is -3.17. The monoisotopic (exact) mass is 346 g/mol. The fraction of sp³-hybridized carbons (Fsp3) is 0.400. The number of nitrogens with zero attached hydrogens (tertiary/aromatic N) is 5. The van der Waals surface area contributed by atoms with E-state index in [2.05, 4.69) is 15.0 Å². The van der Waals surface area contributed by atoms with Crippen molar-refractivity contribution in [3.8, 4) is 0 Å². The SMILES string of the molecule is COC(=O)c1cn([C@@H]2CCCN(c3cc(N)ccc3[N+](=O)[O-])C2)nn1. The average molecular weight is 346 g/mol. The van der Waals surface area contributed by atoms with Crippen LogP contribution in [0.25, 0.3) is 0 Å². The van der Waals surface area contributed by atoms with E-state index in [1.807, 2.05) is 4.90 Å². The van der Waals surface area contributed by atoms with E-state index >= 15 is 0 Å². The number of ether oxygens (including phenoxy) is 1. The second-order valence-electron chi connectivity index (χ2n) is 5.82. The van der Waals surface area contributed by atoms with Crippen molar-refractivity contribution in [2.75, 3.05) is 30.8 Å². The third-order valence-electron chi connectivity index (χ3n) is 4.21. The molecule has 1 aromatic carbocycles. The van der Waals surface area contributed by atoms with Crippen molar-refractivity contribution in [2.24, 2.45) is 0 Å². The molecule has 132 valence electrons. The van der Waals surface area contributed by atoms with Gasteiger partial charge >= 0.3 is 5.97 Å². The first kappa shape index (κ1) is 16.7. The molecule has 1 aliphatic heterocycles. The van der Waals surface area contributed by atoms with Crippen molar-refractivity contribution in [2.45, 2.75) is 18.9 Å². The van der Waals surface area contributed by atoms with Crippen LogP contribution >= 0.6 is 0 Å². The minimum absolute atomic E-state index is 0.0173. The quantitative estimate of drug-likeness (QED) is 0.380. The fourth-order valence-electron chi connectivity index (χ4n) is 2.99. The molecule has 0 bridgehead atoms. The second-order valence-corrected chi connectivity index (χ2v) is 5.82. The zero-order valence-electron chi connectivity index (χ0n) is 13.7. The maximum Gasteiger partial charge on any atom is 0.360 e. The number of carbonyl (C=O) groups excluding carboxylic acids is 1. The van der Waals surface area contributed by atoms with Gasteiger partial charge in [-0.25, -0.2) is 9.48 Å². The number of nitrogen functional groups attached to an aromatic ring is 1. The number of methoxy groups -OCH3 is 1. The molecule has 1 saturated heterocycles. The molecular formula is C15H18N6O4. The number of anilines is 2. The number of hydrogen-bond donors (Lipinski definition) is 1. The van der Waals surface area contributed by atoms with Gasteiger partial charge < -0.3 is 15.4 Å². The fourth-order valence-corrected chi connectivity index (χ4v) is 2.99. The van der Waals surface area contributed by atoms with E-state index in [9.17, 15) is 14.9 Å². The number of esters is 1. The van der Waals surface area contributed by atoms with E-state index in [0.717, 1.165) is 12.8 Å². The summed E-state index contributed by atoms with van der Waals surface area (Å²) in [7, 11) is 1.28. The summed E-state index contributed by atoms with van der Waals surface area (Å²) in [4.78, 5) is 24.3. The smallest absolute Gasteiger partial charge is 0.360 e. The molecule has 1 fully saturated rings. The molecule has 1 aliphatic rings. The molecule has 2 heterocycles. The number of nitro groups is 1. The lowest BCUT2D eigenvalue weighted by Crippen LogP contribution is -2.37. The molecule has 1 atom stereocenters. The van der Waals surface area contributed by atoms with E-state index in [4.69, 9.17) is 5.73 Å². The lowest BCUT2D eigenvalue weighted by molar-refractivity contribution is -0.384. The standard InChI is InChI=1S/C15H18N6O4/c1-25-15(22)12-9-20(18-17-12)11-3-2-6-19(8-11)14-7-10(16)4-5-13(14)21(23)24/h4-5,7,9,11H,2-3,6,8,16H2,1H3/t11-/m1/s1. The van der Waals surface area contributed by atoms with Gasteiger partial charge in [-0.3, -0.25) is 10.1 Å². The van der Waals surface area contributed by atoms with Gasteiger partial charge in [0.1, 0.15) is 5.69 Å². The Morgan fingerprint density at radius 2 is 2.28 bits per heavy atom. The number of piperidine rings is 1. The maximum atomic E-state index is 11.5. The molecule has 25 heavy (non-hydrogen) atoms. The molecule has 10 heteroatoms. The van der Waals surface area contributed by atoms with Crippen LogP contribution in [0.2, 0.25) is 0 Å². The van der Waals surface area contributed by atoms with Crippen molar-refractivity contribution >= 4 is 23.0 Å². The minimum atomic E-state index is -0.551. The normalized spacial score (nSPS) is 17.3. The van der Waals surface area contributed by atoms with E-state index < -0.39 is 10.9 Å². The van der Waals surface area contributed by atoms with Gasteiger partial charge in [0.2, 0.25) is 0 Å². The molecular weight excluding hydrogens is 328 g/mol. The molecule has 10 nitrogen and oxygen atoms in total. The number of hydrogen-bond acceptors (Lipinski definition) is 8. The van der Waals surface area contributed by atoms with Crippen LogP contribution < -0.4 is 10.6 Å². The highest BCUT2D eigenvalue weighted by Crippen LogP contribution is 2.34. The zero-order valence-corrected chi connectivity index (χ0v) is 13.7. The van der Waals surface area contributed by atoms with E-state index in [0.29, 0.717) is 24.5 Å². The number of nitro benzene ring substituents is 1. The van der Waals surface area contributed by atoms with Crippen molar-refractivity contribution in [1.82, 2.24) is 15.0 Å². The summed E-state index contributed by atoms with van der Waals surface area (Å²) in [5.74, 6) is -0.551. The largest absolute Gasteiger partial charge is 0.464 e. The molecule has 0 spiro atoms. The number of rotatable bonds is 4. The Kier molecular flexibility index (Phi) is 4.50. The molecule has 0 unspecified atom stereocenters. The highest BCUT2D eigenvalue weighted by atomic mass is 16.6. The van der Waals surface area contributed by atoms with Gasteiger partial charge in [0.05, 0.1) is 24.3 Å². The first-order valence-corrected chi connectivity index (χ1v) is 7.78. The summed E-state index contributed by atoms with van der Waals surface area (Å²) >= 11 is 0. The lowest BCUT2D eigenvalue weighted by Gasteiger charge is -2.33. The summed E-state index contributed by atoms with van der Waals surface area (Å²) < 4.78 is 6.24. The van der Waals surface area contributed by atoms with Gasteiger partial charge in [-0.15, -0.1) is 5.10 Å². The molecule has 1 aromatic heterocycles. The first-order chi connectivity index (χ1) is 12.0. The van der Waals surface area contributed by atoms with Gasteiger partial charge in [-0.1, -0.05) is 5.21 Å². The van der Waals surface area contributed by atoms with E-state index in [1.54, 1.807) is 10.7 Å². The third-order valence-corrected chi connectivity index (χ3v) is 4.21. The average Bonchev–Trinajstić information content (AvgIpc) is 3.11. The predicted octanol–water partition coefficient (Wildman–Crippen LogP) is 1.40. The number of carbonyl (C=O) groups is 1. The van der Waals surface area contributed by atoms with Crippen LogP contribution in [0.1, 0.15) is 29.4 Å². The van der Waals surface area contributed by atoms with Gasteiger partial charge in [-0.05, 0) is 25.0 Å². The second kappa shape index (κ2) is 6.75. The number of nitrogens with two attached hydrogens (primary N) is 1. The molecule has 0 aliphatic carbocycles. The Morgan fingerprint density at radius 3 is 3.00 bits per heavy atom. The first-order valence-electron chi connectivity index (χ1n) is 7.78. The van der Waals surface area contributed by atoms with Crippen LogP contribution in [0.5, 0.6) is 0 Å². The molecule has 3 rings (SSSR count). The summed E-state index contributed by atoms with van der Waals surface area (Å²) in [6, 6.07) is 4.49. The highest BCUT2D eigenvalue weighted by Gasteiger charge is 2.27. The molecule has 0 radical (unpaired) electrons. The van der Waals surface area contributed by atoms with Crippen LogP contribution in [-0.2, 0) is 4.74 Å². The number of aromatic nitrogens is 3. The Morgan fingerprint density at radius 1 is 1.48 bits per heavy atom. The van der Waals surface area contributed by atoms with Gasteiger partial charge in [0.25, 0.3) is 5.69 Å². The third kappa shape index (κ3) is 3.37.